The zero-order valence-corrected chi connectivity index (χ0v) is 17.3. The van der Waals surface area contributed by atoms with E-state index in [1.165, 1.54) is 6.20 Å². The lowest BCUT2D eigenvalue weighted by Crippen LogP contribution is -2.32. The van der Waals surface area contributed by atoms with Crippen molar-refractivity contribution in [3.8, 4) is 0 Å². The molecule has 3 amide bonds. The molecular formula is C23H23N7O2. The van der Waals surface area contributed by atoms with Crippen molar-refractivity contribution in [3.63, 3.8) is 0 Å². The van der Waals surface area contributed by atoms with Gasteiger partial charge in [0, 0.05) is 37.2 Å². The number of carbonyl (C=O) groups is 2. The predicted octanol–water partition coefficient (Wildman–Crippen LogP) is 3.33. The summed E-state index contributed by atoms with van der Waals surface area (Å²) in [6.07, 6.45) is 5.29. The summed E-state index contributed by atoms with van der Waals surface area (Å²) in [5, 5.41) is 9.12. The highest BCUT2D eigenvalue weighted by Crippen LogP contribution is 2.21. The topological polar surface area (TPSA) is 125 Å². The highest BCUT2D eigenvalue weighted by atomic mass is 16.2. The molecule has 0 bridgehead atoms. The predicted molar refractivity (Wildman–Crippen MR) is 124 cm³/mol. The Morgan fingerprint density at radius 1 is 1.00 bits per heavy atom. The van der Waals surface area contributed by atoms with Crippen LogP contribution in [-0.2, 0) is 6.54 Å². The van der Waals surface area contributed by atoms with Crippen LogP contribution in [0.15, 0.2) is 72.9 Å². The van der Waals surface area contributed by atoms with E-state index in [4.69, 9.17) is 5.73 Å². The van der Waals surface area contributed by atoms with Crippen LogP contribution in [0.1, 0.15) is 15.9 Å². The molecule has 0 spiro atoms. The van der Waals surface area contributed by atoms with E-state index >= 15 is 0 Å². The van der Waals surface area contributed by atoms with Crippen molar-refractivity contribution in [1.29, 1.82) is 0 Å². The number of benzene rings is 2. The number of rotatable bonds is 7. The number of nitrogens with two attached hydrogens (primary N) is 1. The summed E-state index contributed by atoms with van der Waals surface area (Å²) >= 11 is 0. The summed E-state index contributed by atoms with van der Waals surface area (Å²) in [5.41, 5.74) is 8.04. The molecule has 5 N–H and O–H groups in total. The summed E-state index contributed by atoms with van der Waals surface area (Å²) < 4.78 is 0. The highest BCUT2D eigenvalue weighted by molar-refractivity contribution is 5.97. The Hall–Kier alpha value is -4.40. The van der Waals surface area contributed by atoms with Gasteiger partial charge in [-0.05, 0) is 23.8 Å². The average Bonchev–Trinajstić information content (AvgIpc) is 3.34. The number of anilines is 4. The van der Waals surface area contributed by atoms with Gasteiger partial charge in [-0.25, -0.2) is 9.78 Å². The number of carbonyl (C=O) groups excluding carboxylic acids is 2. The summed E-state index contributed by atoms with van der Waals surface area (Å²) in [4.78, 5) is 34.4. The van der Waals surface area contributed by atoms with Crippen molar-refractivity contribution in [2.75, 3.05) is 29.0 Å². The third kappa shape index (κ3) is 5.20. The van der Waals surface area contributed by atoms with Crippen LogP contribution in [0.25, 0.3) is 0 Å². The third-order valence-corrected chi connectivity index (χ3v) is 4.83. The van der Waals surface area contributed by atoms with Gasteiger partial charge in [0.1, 0.15) is 5.82 Å². The molecule has 3 aromatic rings. The first-order chi connectivity index (χ1) is 15.6. The molecule has 0 unspecified atom stereocenters. The van der Waals surface area contributed by atoms with E-state index in [1.54, 1.807) is 17.0 Å². The number of urea groups is 1. The van der Waals surface area contributed by atoms with Gasteiger partial charge in [-0.15, -0.1) is 0 Å². The molecule has 1 aliphatic heterocycles. The largest absolute Gasteiger partial charge is 0.365 e. The molecule has 0 fully saturated rings. The van der Waals surface area contributed by atoms with Gasteiger partial charge in [-0.3, -0.25) is 4.79 Å². The van der Waals surface area contributed by atoms with Crippen molar-refractivity contribution in [2.24, 2.45) is 5.73 Å². The second-order valence-corrected chi connectivity index (χ2v) is 7.17. The van der Waals surface area contributed by atoms with E-state index < -0.39 is 5.91 Å². The number of primary amides is 1. The van der Waals surface area contributed by atoms with Crippen LogP contribution >= 0.6 is 0 Å². The lowest BCUT2D eigenvalue weighted by molar-refractivity contribution is 0.100. The Balaban J connectivity index is 1.47. The first-order valence-electron chi connectivity index (χ1n) is 10.1. The molecule has 2 aromatic carbocycles. The summed E-state index contributed by atoms with van der Waals surface area (Å²) in [7, 11) is 0. The maximum absolute atomic E-state index is 12.3. The first kappa shape index (κ1) is 20.9. The number of nitrogens with zero attached hydrogens (tertiary/aromatic N) is 3. The molecule has 2 heterocycles. The lowest BCUT2D eigenvalue weighted by Gasteiger charge is -2.17. The minimum Gasteiger partial charge on any atom is -0.365 e. The highest BCUT2D eigenvalue weighted by Gasteiger charge is 2.15. The lowest BCUT2D eigenvalue weighted by atomic mass is 10.2. The summed E-state index contributed by atoms with van der Waals surface area (Å²) in [6, 6.07) is 16.8. The molecule has 32 heavy (non-hydrogen) atoms. The smallest absolute Gasteiger partial charge is 0.322 e. The second-order valence-electron chi connectivity index (χ2n) is 7.17. The Morgan fingerprint density at radius 3 is 2.50 bits per heavy atom. The van der Waals surface area contributed by atoms with Crippen LogP contribution in [0.3, 0.4) is 0 Å². The van der Waals surface area contributed by atoms with Crippen molar-refractivity contribution in [3.05, 3.63) is 84.1 Å². The molecule has 1 aromatic heterocycles. The second kappa shape index (κ2) is 9.61. The Kier molecular flexibility index (Phi) is 6.26. The first-order valence-corrected chi connectivity index (χ1v) is 10.1. The molecular weight excluding hydrogens is 406 g/mol. The van der Waals surface area contributed by atoms with Crippen molar-refractivity contribution in [2.45, 2.75) is 6.54 Å². The quantitative estimate of drug-likeness (QED) is 0.427. The van der Waals surface area contributed by atoms with Crippen LogP contribution in [0.2, 0.25) is 0 Å². The number of hydrogen-bond donors (Lipinski definition) is 4. The van der Waals surface area contributed by atoms with E-state index in [-0.39, 0.29) is 17.5 Å². The van der Waals surface area contributed by atoms with Gasteiger partial charge in [0.25, 0.3) is 5.91 Å². The van der Waals surface area contributed by atoms with E-state index in [1.807, 2.05) is 54.6 Å². The van der Waals surface area contributed by atoms with Gasteiger partial charge in [0.15, 0.2) is 0 Å². The summed E-state index contributed by atoms with van der Waals surface area (Å²) in [6.45, 7) is 1.68. The molecule has 0 saturated carbocycles. The van der Waals surface area contributed by atoms with Crippen molar-refractivity contribution < 1.29 is 9.59 Å². The Bertz CT molecular complexity index is 1140. The molecule has 0 radical (unpaired) electrons. The van der Waals surface area contributed by atoms with Gasteiger partial charge in [0.05, 0.1) is 5.56 Å². The van der Waals surface area contributed by atoms with Crippen molar-refractivity contribution >= 4 is 35.1 Å². The zero-order valence-electron chi connectivity index (χ0n) is 17.3. The fraction of sp³-hybridized carbons (Fsp3) is 0.130. The average molecular weight is 429 g/mol. The summed E-state index contributed by atoms with van der Waals surface area (Å²) in [5.74, 6) is 0.0100. The molecule has 0 aliphatic carbocycles. The van der Waals surface area contributed by atoms with Crippen LogP contribution < -0.4 is 21.7 Å². The molecule has 0 atom stereocenters. The minimum absolute atomic E-state index is 0.165. The maximum Gasteiger partial charge on any atom is 0.322 e. The van der Waals surface area contributed by atoms with E-state index in [9.17, 15) is 9.59 Å². The molecule has 4 rings (SSSR count). The van der Waals surface area contributed by atoms with E-state index in [0.29, 0.717) is 36.8 Å². The molecule has 1 aliphatic rings. The number of nitrogens with one attached hydrogen (secondary N) is 3. The van der Waals surface area contributed by atoms with Gasteiger partial charge in [-0.1, -0.05) is 48.6 Å². The van der Waals surface area contributed by atoms with Crippen molar-refractivity contribution in [1.82, 2.24) is 14.9 Å². The normalized spacial score (nSPS) is 12.4. The fourth-order valence-corrected chi connectivity index (χ4v) is 3.19. The van der Waals surface area contributed by atoms with Gasteiger partial charge in [-0.2, -0.15) is 4.98 Å². The number of aromatic nitrogens is 2. The van der Waals surface area contributed by atoms with E-state index in [2.05, 4.69) is 25.9 Å². The zero-order chi connectivity index (χ0) is 22.3. The number of amides is 3. The SMILES string of the molecule is NC(=O)c1cnc(Nc2cccc(NC(=O)N3CC=CC3)c2)nc1NCc1ccccc1. The van der Waals surface area contributed by atoms with Gasteiger partial charge in [0.2, 0.25) is 5.95 Å². The molecule has 9 nitrogen and oxygen atoms in total. The molecule has 162 valence electrons. The van der Waals surface area contributed by atoms with Crippen LogP contribution in [0, 0.1) is 0 Å². The maximum atomic E-state index is 12.3. The Morgan fingerprint density at radius 2 is 1.75 bits per heavy atom. The minimum atomic E-state index is -0.617. The van der Waals surface area contributed by atoms with Crippen LogP contribution in [0.5, 0.6) is 0 Å². The monoisotopic (exact) mass is 429 g/mol. The van der Waals surface area contributed by atoms with Crippen LogP contribution in [-0.4, -0.2) is 39.9 Å². The van der Waals surface area contributed by atoms with Gasteiger partial charge >= 0.3 is 6.03 Å². The Labute approximate surface area is 185 Å². The van der Waals surface area contributed by atoms with Gasteiger partial charge < -0.3 is 26.6 Å². The third-order valence-electron chi connectivity index (χ3n) is 4.83. The number of hydrogen-bond acceptors (Lipinski definition) is 6. The van der Waals surface area contributed by atoms with Crippen LogP contribution in [0.4, 0.5) is 27.9 Å². The molecule has 0 saturated heterocycles. The van der Waals surface area contributed by atoms with E-state index in [0.717, 1.165) is 5.56 Å². The molecule has 9 heteroatoms. The fourth-order valence-electron chi connectivity index (χ4n) is 3.19. The standard InChI is InChI=1S/C23H23N7O2/c24-20(31)19-15-26-22(29-21(19)25-14-16-7-2-1-3-8-16)27-17-9-6-10-18(13-17)28-23(32)30-11-4-5-12-30/h1-10,13,15H,11-12,14H2,(H2,24,31)(H,28,32)(H2,25,26,27,29).